The Bertz CT molecular complexity index is 914. The molecule has 4 heteroatoms. The molecule has 1 radical (unpaired) electrons. The Morgan fingerprint density at radius 1 is 0.600 bits per heavy atom. The van der Waals surface area contributed by atoms with Gasteiger partial charge < -0.3 is 19.8 Å². The van der Waals surface area contributed by atoms with E-state index in [0.717, 1.165) is 22.8 Å². The minimum absolute atomic E-state index is 0. The van der Waals surface area contributed by atoms with E-state index < -0.39 is 0 Å². The van der Waals surface area contributed by atoms with Crippen molar-refractivity contribution in [2.45, 2.75) is 41.5 Å². The third-order valence-corrected chi connectivity index (χ3v) is 4.61. The van der Waals surface area contributed by atoms with Gasteiger partial charge in [-0.3, -0.25) is 9.98 Å². The molecule has 0 bridgehead atoms. The van der Waals surface area contributed by atoms with Crippen LogP contribution < -0.4 is 4.98 Å². The third kappa shape index (κ3) is 6.55. The maximum Gasteiger partial charge on any atom is 3.00 e. The van der Waals surface area contributed by atoms with Crippen molar-refractivity contribution >= 4 is 23.8 Å². The van der Waals surface area contributed by atoms with Crippen LogP contribution in [0.2, 0.25) is 0 Å². The van der Waals surface area contributed by atoms with E-state index in [0.29, 0.717) is 0 Å². The Balaban J connectivity index is 0.00000280. The van der Waals surface area contributed by atoms with E-state index in [1.165, 1.54) is 33.4 Å². The van der Waals surface area contributed by atoms with Gasteiger partial charge >= 0.3 is 17.1 Å². The van der Waals surface area contributed by atoms with Crippen LogP contribution in [-0.4, -0.2) is 12.4 Å². The Morgan fingerprint density at radius 3 is 1.20 bits per heavy atom. The Morgan fingerprint density at radius 2 is 0.900 bits per heavy atom. The van der Waals surface area contributed by atoms with Crippen molar-refractivity contribution in [2.24, 2.45) is 9.98 Å². The molecule has 0 saturated heterocycles. The predicted molar refractivity (Wildman–Crippen MR) is 128 cm³/mol. The second-order valence-electron chi connectivity index (χ2n) is 7.31. The average Bonchev–Trinajstić information content (AvgIpc) is 3.00. The normalized spacial score (nSPS) is 10.6. The zero-order valence-electron chi connectivity index (χ0n) is 19.3. The maximum absolute atomic E-state index is 4.65. The van der Waals surface area contributed by atoms with E-state index in [4.69, 9.17) is 0 Å². The van der Waals surface area contributed by atoms with Crippen molar-refractivity contribution in [1.29, 1.82) is 0 Å². The number of benzene rings is 2. The van der Waals surface area contributed by atoms with Gasteiger partial charge in [0.2, 0.25) is 0 Å². The topological polar surface area (TPSA) is 38.8 Å². The van der Waals surface area contributed by atoms with Gasteiger partial charge in [-0.25, -0.2) is 0 Å². The molecule has 30 heavy (non-hydrogen) atoms. The van der Waals surface area contributed by atoms with Crippen LogP contribution in [0.3, 0.4) is 0 Å². The summed E-state index contributed by atoms with van der Waals surface area (Å²) in [6.45, 7) is 12.6. The molecule has 3 nitrogen and oxygen atoms in total. The first kappa shape index (κ1) is 27.6. The standard InChI is InChI=1S/C24H26N3.2CH3.Fe/c1-15-9-17(3)23(18(4)10-15)25-13-21-7-8-22(27-21)14-26-24-19(5)11-16(2)12-20(24)6;;;/h7-14H,1-6H3;2*1H3;/q3*-1;+3. The summed E-state index contributed by atoms with van der Waals surface area (Å²) in [4.78, 5) is 13.9. The molecule has 1 aromatic heterocycles. The summed E-state index contributed by atoms with van der Waals surface area (Å²) >= 11 is 0. The van der Waals surface area contributed by atoms with Gasteiger partial charge in [-0.1, -0.05) is 47.5 Å². The van der Waals surface area contributed by atoms with Crippen LogP contribution in [0.5, 0.6) is 0 Å². The minimum Gasteiger partial charge on any atom is -0.655 e. The Labute approximate surface area is 193 Å². The van der Waals surface area contributed by atoms with Gasteiger partial charge in [0.1, 0.15) is 0 Å². The van der Waals surface area contributed by atoms with Crippen LogP contribution in [0.15, 0.2) is 46.4 Å². The molecule has 0 aliphatic rings. The molecule has 0 amide bonds. The first-order valence-electron chi connectivity index (χ1n) is 9.21. The van der Waals surface area contributed by atoms with Crippen molar-refractivity contribution in [3.8, 4) is 0 Å². The Kier molecular flexibility index (Phi) is 10.7. The third-order valence-electron chi connectivity index (χ3n) is 4.61. The predicted octanol–water partition coefficient (Wildman–Crippen LogP) is 6.89. The summed E-state index contributed by atoms with van der Waals surface area (Å²) in [5, 5.41) is 0. The molecule has 0 unspecified atom stereocenters. The second-order valence-corrected chi connectivity index (χ2v) is 7.31. The molecule has 0 aliphatic heterocycles. The number of aryl methyl sites for hydroxylation is 6. The number of nitrogens with zero attached hydrogens (tertiary/aromatic N) is 3. The van der Waals surface area contributed by atoms with Crippen LogP contribution in [0.1, 0.15) is 44.8 Å². The molecule has 0 saturated carbocycles. The molecular weight excluding hydrogens is 410 g/mol. The second kappa shape index (κ2) is 11.7. The first-order valence-corrected chi connectivity index (χ1v) is 9.21. The van der Waals surface area contributed by atoms with Gasteiger partial charge in [0.05, 0.1) is 11.4 Å². The fraction of sp³-hybridized carbons (Fsp3) is 0.231. The van der Waals surface area contributed by atoms with Gasteiger partial charge in [0.25, 0.3) is 0 Å². The summed E-state index contributed by atoms with van der Waals surface area (Å²) in [7, 11) is 0. The van der Waals surface area contributed by atoms with E-state index in [2.05, 4.69) is 80.8 Å². The first-order chi connectivity index (χ1) is 12.8. The van der Waals surface area contributed by atoms with Crippen LogP contribution in [0, 0.1) is 56.4 Å². The van der Waals surface area contributed by atoms with Crippen LogP contribution in [0.25, 0.3) is 0 Å². The monoisotopic (exact) mass is 442 g/mol. The SMILES string of the molecule is Cc1cc(C)c(N=Cc2ccc(C=Nc3c(C)cc(C)cc3C)[n-]2)c(C)c1.[CH3-].[CH3-].[Fe+3]. The number of rotatable bonds is 4. The molecule has 1 heterocycles. The van der Waals surface area contributed by atoms with Crippen molar-refractivity contribution in [3.63, 3.8) is 0 Å². The molecule has 0 atom stereocenters. The smallest absolute Gasteiger partial charge is 0.655 e. The quantitative estimate of drug-likeness (QED) is 0.246. The molecule has 3 aromatic rings. The van der Waals surface area contributed by atoms with Crippen molar-refractivity contribution in [1.82, 2.24) is 4.98 Å². The molecule has 159 valence electrons. The molecule has 0 aliphatic carbocycles. The number of aromatic nitrogens is 1. The molecule has 2 aromatic carbocycles. The molecule has 0 fully saturated rings. The zero-order chi connectivity index (χ0) is 19.6. The van der Waals surface area contributed by atoms with E-state index >= 15 is 0 Å². The molecule has 0 N–H and O–H groups in total. The van der Waals surface area contributed by atoms with Crippen molar-refractivity contribution < 1.29 is 17.1 Å². The molecule has 3 rings (SSSR count). The van der Waals surface area contributed by atoms with E-state index in [1.54, 1.807) is 0 Å². The van der Waals surface area contributed by atoms with Gasteiger partial charge in [0.15, 0.2) is 0 Å². The summed E-state index contributed by atoms with van der Waals surface area (Å²) in [5.41, 5.74) is 11.0. The van der Waals surface area contributed by atoms with Crippen molar-refractivity contribution in [2.75, 3.05) is 0 Å². The summed E-state index contributed by atoms with van der Waals surface area (Å²) in [6, 6.07) is 12.6. The average molecular weight is 442 g/mol. The number of aliphatic imine (C=N–C) groups is 2. The minimum atomic E-state index is 0. The van der Waals surface area contributed by atoms with Crippen LogP contribution in [0.4, 0.5) is 11.4 Å². The van der Waals surface area contributed by atoms with Crippen LogP contribution in [-0.2, 0) is 17.1 Å². The van der Waals surface area contributed by atoms with E-state index in [9.17, 15) is 0 Å². The molecule has 0 spiro atoms. The molecular formula is C26H32FeN3. The van der Waals surface area contributed by atoms with Crippen LogP contribution >= 0.6 is 0 Å². The van der Waals surface area contributed by atoms with Gasteiger partial charge in [-0.2, -0.15) is 0 Å². The Hall–Kier alpha value is -2.42. The van der Waals surface area contributed by atoms with E-state index in [-0.39, 0.29) is 31.9 Å². The van der Waals surface area contributed by atoms with Gasteiger partial charge in [-0.05, 0) is 63.8 Å². The summed E-state index contributed by atoms with van der Waals surface area (Å²) in [6.07, 6.45) is 3.65. The van der Waals surface area contributed by atoms with Gasteiger partial charge in [-0.15, -0.1) is 11.4 Å². The summed E-state index contributed by atoms with van der Waals surface area (Å²) in [5.74, 6) is 0. The van der Waals surface area contributed by atoms with Crippen molar-refractivity contribution in [3.05, 3.63) is 96.0 Å². The fourth-order valence-electron chi connectivity index (χ4n) is 3.55. The zero-order valence-corrected chi connectivity index (χ0v) is 20.4. The van der Waals surface area contributed by atoms with E-state index in [1.807, 2.05) is 24.6 Å². The maximum atomic E-state index is 4.65. The fourth-order valence-corrected chi connectivity index (χ4v) is 3.55. The largest absolute Gasteiger partial charge is 3.00 e. The van der Waals surface area contributed by atoms with Gasteiger partial charge in [0, 0.05) is 12.4 Å². The number of hydrogen-bond donors (Lipinski definition) is 0. The summed E-state index contributed by atoms with van der Waals surface area (Å²) < 4.78 is 0. The number of hydrogen-bond acceptors (Lipinski definition) is 2.